The van der Waals surface area contributed by atoms with Crippen LogP contribution in [0.1, 0.15) is 55.0 Å². The zero-order chi connectivity index (χ0) is 25.0. The summed E-state index contributed by atoms with van der Waals surface area (Å²) in [6.45, 7) is 4.06. The summed E-state index contributed by atoms with van der Waals surface area (Å²) >= 11 is 0. The van der Waals surface area contributed by atoms with Gasteiger partial charge < -0.3 is 14.8 Å². The fourth-order valence-electron chi connectivity index (χ4n) is 4.01. The van der Waals surface area contributed by atoms with Crippen molar-refractivity contribution in [3.63, 3.8) is 0 Å². The molecule has 1 unspecified atom stereocenters. The van der Waals surface area contributed by atoms with Crippen LogP contribution in [0.25, 0.3) is 5.57 Å². The average Bonchev–Trinajstić information content (AvgIpc) is 2.88. The SMILES string of the molecule is COc1cccc(C(=CCCC(=O)NC(C)CCCc2ccc(C)nc2)c2cccc(OC)c2)c1. The second-order valence-corrected chi connectivity index (χ2v) is 8.79. The minimum atomic E-state index is 0.0707. The molecule has 0 aliphatic heterocycles. The van der Waals surface area contributed by atoms with Gasteiger partial charge in [0.25, 0.3) is 0 Å². The molecular formula is C30H36N2O3. The van der Waals surface area contributed by atoms with Crippen LogP contribution in [0.5, 0.6) is 11.5 Å². The van der Waals surface area contributed by atoms with E-state index in [0.29, 0.717) is 12.8 Å². The van der Waals surface area contributed by atoms with Crippen molar-refractivity contribution in [2.45, 2.75) is 52.0 Å². The summed E-state index contributed by atoms with van der Waals surface area (Å²) in [5.74, 6) is 1.66. The van der Waals surface area contributed by atoms with Gasteiger partial charge in [-0.3, -0.25) is 9.78 Å². The normalized spacial score (nSPS) is 11.4. The average molecular weight is 473 g/mol. The van der Waals surface area contributed by atoms with E-state index in [4.69, 9.17) is 9.47 Å². The van der Waals surface area contributed by atoms with E-state index < -0.39 is 0 Å². The lowest BCUT2D eigenvalue weighted by Crippen LogP contribution is -2.32. The quantitative estimate of drug-likeness (QED) is 0.344. The van der Waals surface area contributed by atoms with Crippen LogP contribution >= 0.6 is 0 Å². The van der Waals surface area contributed by atoms with Crippen LogP contribution in [0.4, 0.5) is 0 Å². The molecule has 1 N–H and O–H groups in total. The molecule has 3 rings (SSSR count). The molecule has 5 nitrogen and oxygen atoms in total. The summed E-state index contributed by atoms with van der Waals surface area (Å²) in [6, 6.07) is 20.2. The van der Waals surface area contributed by atoms with Gasteiger partial charge in [0.2, 0.25) is 5.91 Å². The summed E-state index contributed by atoms with van der Waals surface area (Å²) in [4.78, 5) is 16.9. The monoisotopic (exact) mass is 472 g/mol. The zero-order valence-electron chi connectivity index (χ0n) is 21.2. The van der Waals surface area contributed by atoms with Gasteiger partial charge in [0, 0.05) is 24.4 Å². The number of aromatic nitrogens is 1. The van der Waals surface area contributed by atoms with Crippen molar-refractivity contribution in [1.82, 2.24) is 10.3 Å². The second-order valence-electron chi connectivity index (χ2n) is 8.79. The first-order valence-electron chi connectivity index (χ1n) is 12.2. The molecule has 1 amide bonds. The van der Waals surface area contributed by atoms with E-state index in [-0.39, 0.29) is 11.9 Å². The molecule has 1 heterocycles. The van der Waals surface area contributed by atoms with Crippen molar-refractivity contribution in [2.24, 2.45) is 0 Å². The van der Waals surface area contributed by atoms with E-state index in [0.717, 1.165) is 53.2 Å². The van der Waals surface area contributed by atoms with E-state index in [9.17, 15) is 4.79 Å². The van der Waals surface area contributed by atoms with E-state index in [1.807, 2.05) is 55.6 Å². The number of carbonyl (C=O) groups is 1. The van der Waals surface area contributed by atoms with Gasteiger partial charge >= 0.3 is 0 Å². The van der Waals surface area contributed by atoms with Gasteiger partial charge in [-0.15, -0.1) is 0 Å². The van der Waals surface area contributed by atoms with Crippen molar-refractivity contribution in [3.8, 4) is 11.5 Å². The summed E-state index contributed by atoms with van der Waals surface area (Å²) in [7, 11) is 3.33. The predicted octanol–water partition coefficient (Wildman–Crippen LogP) is 6.15. The van der Waals surface area contributed by atoms with Crippen molar-refractivity contribution in [3.05, 3.63) is 95.3 Å². The standard InChI is InChI=1S/C30H36N2O3/c1-22-17-18-24(21-31-22)10-5-9-23(2)32-30(33)16-8-15-29(25-11-6-13-27(19-25)34-3)26-12-7-14-28(20-26)35-4/h6-7,11-15,17-21,23H,5,8-10,16H2,1-4H3,(H,32,33). The maximum atomic E-state index is 12.6. The van der Waals surface area contributed by atoms with Crippen LogP contribution in [0.15, 0.2) is 72.9 Å². The lowest BCUT2D eigenvalue weighted by atomic mass is 9.96. The lowest BCUT2D eigenvalue weighted by molar-refractivity contribution is -0.121. The Kier molecular flexibility index (Phi) is 9.91. The first kappa shape index (κ1) is 26.0. The highest BCUT2D eigenvalue weighted by Gasteiger charge is 2.10. The van der Waals surface area contributed by atoms with Gasteiger partial charge in [0.05, 0.1) is 14.2 Å². The molecule has 3 aromatic rings. The number of aryl methyl sites for hydroxylation is 2. The number of rotatable bonds is 12. The van der Waals surface area contributed by atoms with Crippen molar-refractivity contribution in [1.29, 1.82) is 0 Å². The van der Waals surface area contributed by atoms with E-state index in [1.54, 1.807) is 14.2 Å². The fraction of sp³-hybridized carbons (Fsp3) is 0.333. The molecule has 2 aromatic carbocycles. The number of ether oxygens (including phenoxy) is 2. The Morgan fingerprint density at radius 2 is 1.66 bits per heavy atom. The third-order valence-corrected chi connectivity index (χ3v) is 5.96. The highest BCUT2D eigenvalue weighted by atomic mass is 16.5. The Labute approximate surface area is 209 Å². The Morgan fingerprint density at radius 1 is 1.00 bits per heavy atom. The molecule has 1 aromatic heterocycles. The fourth-order valence-corrected chi connectivity index (χ4v) is 4.01. The molecule has 184 valence electrons. The number of pyridine rings is 1. The molecule has 5 heteroatoms. The molecule has 1 atom stereocenters. The van der Waals surface area contributed by atoms with Gasteiger partial charge in [0.1, 0.15) is 11.5 Å². The van der Waals surface area contributed by atoms with E-state index in [2.05, 4.69) is 41.5 Å². The molecule has 0 radical (unpaired) electrons. The van der Waals surface area contributed by atoms with Gasteiger partial charge in [-0.25, -0.2) is 0 Å². The zero-order valence-corrected chi connectivity index (χ0v) is 21.2. The molecule has 0 saturated heterocycles. The second kappa shape index (κ2) is 13.3. The van der Waals surface area contributed by atoms with E-state index >= 15 is 0 Å². The first-order valence-corrected chi connectivity index (χ1v) is 12.2. The summed E-state index contributed by atoms with van der Waals surface area (Å²) in [5.41, 5.74) is 5.40. The third-order valence-electron chi connectivity index (χ3n) is 5.96. The van der Waals surface area contributed by atoms with Crippen LogP contribution in [0.2, 0.25) is 0 Å². The molecule has 0 saturated carbocycles. The number of amides is 1. The smallest absolute Gasteiger partial charge is 0.220 e. The van der Waals surface area contributed by atoms with Crippen LogP contribution in [-0.2, 0) is 11.2 Å². The molecule has 0 aliphatic carbocycles. The Bertz CT molecular complexity index is 1070. The largest absolute Gasteiger partial charge is 0.497 e. The van der Waals surface area contributed by atoms with Gasteiger partial charge in [0.15, 0.2) is 0 Å². The Hall–Kier alpha value is -3.60. The molecule has 0 aliphatic rings. The summed E-state index contributed by atoms with van der Waals surface area (Å²) in [6.07, 6.45) is 8.06. The predicted molar refractivity (Wildman–Crippen MR) is 142 cm³/mol. The molecule has 0 fully saturated rings. The molecule has 0 bridgehead atoms. The maximum absolute atomic E-state index is 12.6. The molecule has 35 heavy (non-hydrogen) atoms. The van der Waals surface area contributed by atoms with Crippen molar-refractivity contribution < 1.29 is 14.3 Å². The van der Waals surface area contributed by atoms with Gasteiger partial charge in [-0.1, -0.05) is 36.4 Å². The van der Waals surface area contributed by atoms with Crippen LogP contribution in [-0.4, -0.2) is 31.2 Å². The summed E-state index contributed by atoms with van der Waals surface area (Å²) < 4.78 is 10.8. The lowest BCUT2D eigenvalue weighted by Gasteiger charge is -2.14. The van der Waals surface area contributed by atoms with Crippen LogP contribution < -0.4 is 14.8 Å². The number of benzene rings is 2. The minimum Gasteiger partial charge on any atom is -0.497 e. The maximum Gasteiger partial charge on any atom is 0.220 e. The number of carbonyl (C=O) groups excluding carboxylic acids is 1. The Balaban J connectivity index is 1.58. The number of hydrogen-bond acceptors (Lipinski definition) is 4. The molecular weight excluding hydrogens is 436 g/mol. The third kappa shape index (κ3) is 8.29. The van der Waals surface area contributed by atoms with Crippen LogP contribution in [0.3, 0.4) is 0 Å². The van der Waals surface area contributed by atoms with Crippen molar-refractivity contribution in [2.75, 3.05) is 14.2 Å². The number of nitrogens with zero attached hydrogens (tertiary/aromatic N) is 1. The highest BCUT2D eigenvalue weighted by molar-refractivity contribution is 5.82. The van der Waals surface area contributed by atoms with E-state index in [1.165, 1.54) is 5.56 Å². The van der Waals surface area contributed by atoms with Gasteiger partial charge in [-0.2, -0.15) is 0 Å². The summed E-state index contributed by atoms with van der Waals surface area (Å²) in [5, 5.41) is 3.14. The van der Waals surface area contributed by atoms with Crippen LogP contribution in [0, 0.1) is 6.92 Å². The highest BCUT2D eigenvalue weighted by Crippen LogP contribution is 2.29. The number of hydrogen-bond donors (Lipinski definition) is 1. The number of allylic oxidation sites excluding steroid dienone is 1. The molecule has 0 spiro atoms. The topological polar surface area (TPSA) is 60.5 Å². The number of methoxy groups -OCH3 is 2. The Morgan fingerprint density at radius 3 is 2.23 bits per heavy atom. The first-order chi connectivity index (χ1) is 17.0. The minimum absolute atomic E-state index is 0.0707. The van der Waals surface area contributed by atoms with Crippen molar-refractivity contribution >= 4 is 11.5 Å². The number of nitrogens with one attached hydrogen (secondary N) is 1. The van der Waals surface area contributed by atoms with Gasteiger partial charge in [-0.05, 0) is 92.1 Å².